The summed E-state index contributed by atoms with van der Waals surface area (Å²) in [5, 5.41) is 3.67. The topological polar surface area (TPSA) is 21.3 Å². The van der Waals surface area contributed by atoms with E-state index in [0.29, 0.717) is 11.5 Å². The van der Waals surface area contributed by atoms with Gasteiger partial charge in [-0.1, -0.05) is 20.8 Å². The minimum Gasteiger partial charge on any atom is -0.377 e. The van der Waals surface area contributed by atoms with Gasteiger partial charge in [-0.05, 0) is 50.5 Å². The molecule has 1 N–H and O–H groups in total. The van der Waals surface area contributed by atoms with Crippen LogP contribution in [0.5, 0.6) is 0 Å². The van der Waals surface area contributed by atoms with E-state index in [9.17, 15) is 0 Å². The van der Waals surface area contributed by atoms with Gasteiger partial charge in [-0.25, -0.2) is 0 Å². The van der Waals surface area contributed by atoms with Crippen LogP contribution in [0.2, 0.25) is 0 Å². The van der Waals surface area contributed by atoms with Crippen molar-refractivity contribution < 1.29 is 4.74 Å². The summed E-state index contributed by atoms with van der Waals surface area (Å²) in [5.74, 6) is 2.78. The lowest BCUT2D eigenvalue weighted by molar-refractivity contribution is -0.0875. The molecule has 19 heavy (non-hydrogen) atoms. The van der Waals surface area contributed by atoms with E-state index in [2.05, 4.69) is 32.0 Å². The lowest BCUT2D eigenvalue weighted by atomic mass is 9.68. The van der Waals surface area contributed by atoms with Crippen molar-refractivity contribution in [3.63, 3.8) is 0 Å². The van der Waals surface area contributed by atoms with E-state index in [0.717, 1.165) is 38.6 Å². The van der Waals surface area contributed by atoms with Gasteiger partial charge in [0.25, 0.3) is 0 Å². The Hall–Kier alpha value is -0.520. The Kier molecular flexibility index (Phi) is 6.36. The molecule has 0 aromatic heterocycles. The Labute approximate surface area is 119 Å². The first-order valence-corrected chi connectivity index (χ1v) is 7.72. The Bertz CT molecular complexity index is 293. The Morgan fingerprint density at radius 2 is 1.89 bits per heavy atom. The molecule has 0 aliphatic heterocycles. The SMILES string of the molecule is C#CCCC(NCCC)C1(OC)CCC(C)(C)CC1. The van der Waals surface area contributed by atoms with Crippen molar-refractivity contribution in [3.8, 4) is 12.3 Å². The third kappa shape index (κ3) is 4.51. The molecule has 1 fully saturated rings. The van der Waals surface area contributed by atoms with Crippen LogP contribution in [0.1, 0.15) is 65.7 Å². The zero-order valence-electron chi connectivity index (χ0n) is 13.2. The van der Waals surface area contributed by atoms with Gasteiger partial charge in [-0.3, -0.25) is 0 Å². The van der Waals surface area contributed by atoms with E-state index in [1.165, 1.54) is 12.8 Å². The van der Waals surface area contributed by atoms with Gasteiger partial charge < -0.3 is 10.1 Å². The largest absolute Gasteiger partial charge is 0.377 e. The number of ether oxygens (including phenoxy) is 1. The Morgan fingerprint density at radius 1 is 1.26 bits per heavy atom. The summed E-state index contributed by atoms with van der Waals surface area (Å²) >= 11 is 0. The fraction of sp³-hybridized carbons (Fsp3) is 0.882. The molecule has 1 unspecified atom stereocenters. The van der Waals surface area contributed by atoms with Crippen molar-refractivity contribution in [2.24, 2.45) is 5.41 Å². The van der Waals surface area contributed by atoms with Crippen molar-refractivity contribution in [1.29, 1.82) is 0 Å². The summed E-state index contributed by atoms with van der Waals surface area (Å²) in [6.07, 6.45) is 13.2. The first kappa shape index (κ1) is 16.5. The smallest absolute Gasteiger partial charge is 0.0831 e. The van der Waals surface area contributed by atoms with Gasteiger partial charge in [0.2, 0.25) is 0 Å². The van der Waals surface area contributed by atoms with E-state index in [-0.39, 0.29) is 5.60 Å². The first-order chi connectivity index (χ1) is 8.99. The zero-order chi connectivity index (χ0) is 14.4. The number of hydrogen-bond acceptors (Lipinski definition) is 2. The molecule has 1 aliphatic carbocycles. The molecular formula is C17H31NO. The third-order valence-electron chi connectivity index (χ3n) is 4.71. The van der Waals surface area contributed by atoms with Gasteiger partial charge in [0.05, 0.1) is 5.60 Å². The average Bonchev–Trinajstić information content (AvgIpc) is 2.40. The van der Waals surface area contributed by atoms with Gasteiger partial charge in [-0.2, -0.15) is 0 Å². The van der Waals surface area contributed by atoms with Crippen molar-refractivity contribution in [2.45, 2.75) is 77.4 Å². The molecule has 0 aromatic rings. The van der Waals surface area contributed by atoms with Crippen LogP contribution >= 0.6 is 0 Å². The third-order valence-corrected chi connectivity index (χ3v) is 4.71. The molecule has 1 rings (SSSR count). The molecule has 2 heteroatoms. The predicted octanol–water partition coefficient (Wildman–Crippen LogP) is 3.75. The number of hydrogen-bond donors (Lipinski definition) is 1. The highest BCUT2D eigenvalue weighted by Crippen LogP contribution is 2.44. The van der Waals surface area contributed by atoms with Crippen LogP contribution in [0.25, 0.3) is 0 Å². The van der Waals surface area contributed by atoms with Crippen LogP contribution in [0.15, 0.2) is 0 Å². The van der Waals surface area contributed by atoms with Crippen LogP contribution in [-0.4, -0.2) is 25.3 Å². The highest BCUT2D eigenvalue weighted by molar-refractivity contribution is 5.00. The van der Waals surface area contributed by atoms with Crippen LogP contribution in [0.3, 0.4) is 0 Å². The molecule has 0 saturated heterocycles. The summed E-state index contributed by atoms with van der Waals surface area (Å²) in [5.41, 5.74) is 0.449. The molecule has 0 amide bonds. The summed E-state index contributed by atoms with van der Waals surface area (Å²) in [7, 11) is 1.87. The minimum absolute atomic E-state index is 0.0124. The van der Waals surface area contributed by atoms with Crippen molar-refractivity contribution in [1.82, 2.24) is 5.32 Å². The highest BCUT2D eigenvalue weighted by atomic mass is 16.5. The van der Waals surface area contributed by atoms with E-state index in [1.54, 1.807) is 0 Å². The number of methoxy groups -OCH3 is 1. The van der Waals surface area contributed by atoms with Crippen molar-refractivity contribution in [3.05, 3.63) is 0 Å². The van der Waals surface area contributed by atoms with Gasteiger partial charge in [-0.15, -0.1) is 12.3 Å². The molecule has 1 saturated carbocycles. The van der Waals surface area contributed by atoms with Crippen LogP contribution < -0.4 is 5.32 Å². The van der Waals surface area contributed by atoms with Crippen molar-refractivity contribution in [2.75, 3.05) is 13.7 Å². The molecule has 1 aliphatic rings. The number of terminal acetylenes is 1. The van der Waals surface area contributed by atoms with Crippen molar-refractivity contribution >= 4 is 0 Å². The van der Waals surface area contributed by atoms with Gasteiger partial charge in [0, 0.05) is 19.6 Å². The maximum Gasteiger partial charge on any atom is 0.0831 e. The quantitative estimate of drug-likeness (QED) is 0.708. The lowest BCUT2D eigenvalue weighted by Crippen LogP contribution is -2.54. The molecule has 0 heterocycles. The summed E-state index contributed by atoms with van der Waals surface area (Å²) in [4.78, 5) is 0. The lowest BCUT2D eigenvalue weighted by Gasteiger charge is -2.47. The fourth-order valence-electron chi connectivity index (χ4n) is 3.14. The Morgan fingerprint density at radius 3 is 2.37 bits per heavy atom. The second kappa shape index (κ2) is 7.31. The molecule has 1 atom stereocenters. The summed E-state index contributed by atoms with van der Waals surface area (Å²) in [6, 6.07) is 0.393. The molecule has 0 spiro atoms. The van der Waals surface area contributed by atoms with Crippen LogP contribution in [0, 0.1) is 17.8 Å². The predicted molar refractivity (Wildman–Crippen MR) is 82.1 cm³/mol. The minimum atomic E-state index is -0.0124. The first-order valence-electron chi connectivity index (χ1n) is 7.72. The van der Waals surface area contributed by atoms with Gasteiger partial charge in [0.15, 0.2) is 0 Å². The molecule has 110 valence electrons. The van der Waals surface area contributed by atoms with Crippen LogP contribution in [0.4, 0.5) is 0 Å². The number of rotatable bonds is 7. The molecule has 0 bridgehead atoms. The van der Waals surface area contributed by atoms with E-state index in [1.807, 2.05) is 7.11 Å². The van der Waals surface area contributed by atoms with E-state index in [4.69, 9.17) is 11.2 Å². The second-order valence-corrected chi connectivity index (χ2v) is 6.68. The number of nitrogens with one attached hydrogen (secondary N) is 1. The molecule has 2 nitrogen and oxygen atoms in total. The fourth-order valence-corrected chi connectivity index (χ4v) is 3.14. The maximum absolute atomic E-state index is 6.00. The second-order valence-electron chi connectivity index (χ2n) is 6.68. The zero-order valence-corrected chi connectivity index (χ0v) is 13.2. The monoisotopic (exact) mass is 265 g/mol. The standard InChI is InChI=1S/C17H31NO/c1-6-8-9-15(18-14-7-2)17(19-5)12-10-16(3,4)11-13-17/h1,15,18H,7-14H2,2-5H3. The molecule has 0 aromatic carbocycles. The summed E-state index contributed by atoms with van der Waals surface area (Å²) in [6.45, 7) is 7.98. The molecular weight excluding hydrogens is 234 g/mol. The highest BCUT2D eigenvalue weighted by Gasteiger charge is 2.43. The summed E-state index contributed by atoms with van der Waals surface area (Å²) < 4.78 is 6.00. The van der Waals surface area contributed by atoms with Gasteiger partial charge in [0.1, 0.15) is 0 Å². The normalized spacial score (nSPS) is 22.7. The average molecular weight is 265 g/mol. The Balaban J connectivity index is 2.74. The van der Waals surface area contributed by atoms with Gasteiger partial charge >= 0.3 is 0 Å². The van der Waals surface area contributed by atoms with E-state index < -0.39 is 0 Å². The molecule has 0 radical (unpaired) electrons. The maximum atomic E-state index is 6.00. The van der Waals surface area contributed by atoms with E-state index >= 15 is 0 Å². The van der Waals surface area contributed by atoms with Crippen LogP contribution in [-0.2, 0) is 4.74 Å².